The molecule has 1 fully saturated rings. The van der Waals surface area contributed by atoms with Crippen LogP contribution in [0, 0.1) is 5.92 Å². The Morgan fingerprint density at radius 2 is 1.77 bits per heavy atom. The molecule has 2 heteroatoms. The Hall–Kier alpha value is 0.310. The van der Waals surface area contributed by atoms with Crippen molar-refractivity contribution in [1.29, 1.82) is 0 Å². The minimum absolute atomic E-state index is 0.972. The van der Waals surface area contributed by atoms with E-state index < -0.39 is 0 Å². The van der Waals surface area contributed by atoms with Gasteiger partial charge in [0.15, 0.2) is 0 Å². The van der Waals surface area contributed by atoms with Gasteiger partial charge in [-0.1, -0.05) is 25.7 Å². The number of ether oxygens (including phenoxy) is 1. The molecule has 1 aliphatic rings. The smallest absolute Gasteiger partial charge is 0.0468 e. The van der Waals surface area contributed by atoms with Gasteiger partial charge in [0, 0.05) is 13.2 Å². The summed E-state index contributed by atoms with van der Waals surface area (Å²) in [4.78, 5) is 0. The van der Waals surface area contributed by atoms with Gasteiger partial charge in [0.2, 0.25) is 0 Å². The van der Waals surface area contributed by atoms with Crippen LogP contribution in [0.3, 0.4) is 0 Å². The zero-order valence-corrected chi connectivity index (χ0v) is 9.40. The zero-order chi connectivity index (χ0) is 9.36. The first kappa shape index (κ1) is 11.4. The van der Waals surface area contributed by atoms with Crippen LogP contribution in [0.5, 0.6) is 0 Å². The molecule has 0 radical (unpaired) electrons. The maximum Gasteiger partial charge on any atom is 0.0468 e. The van der Waals surface area contributed by atoms with E-state index in [0.717, 1.165) is 24.9 Å². The Balaban J connectivity index is 1.63. The van der Waals surface area contributed by atoms with Crippen LogP contribution < -0.4 is 0 Å². The monoisotopic (exact) mass is 202 g/mol. The summed E-state index contributed by atoms with van der Waals surface area (Å²) in [6.07, 6.45) is 9.32. The quantitative estimate of drug-likeness (QED) is 0.446. The summed E-state index contributed by atoms with van der Waals surface area (Å²) in [6.45, 7) is 1.97. The van der Waals surface area contributed by atoms with Crippen LogP contribution >= 0.6 is 12.6 Å². The lowest BCUT2D eigenvalue weighted by atomic mass is 10.2. The van der Waals surface area contributed by atoms with Gasteiger partial charge >= 0.3 is 0 Å². The summed E-state index contributed by atoms with van der Waals surface area (Å²) >= 11 is 4.18. The highest BCUT2D eigenvalue weighted by Crippen LogP contribution is 2.32. The van der Waals surface area contributed by atoms with Crippen molar-refractivity contribution in [1.82, 2.24) is 0 Å². The normalized spacial score (nSPS) is 16.4. The van der Waals surface area contributed by atoms with E-state index in [1.165, 1.54) is 44.9 Å². The summed E-state index contributed by atoms with van der Waals surface area (Å²) in [6, 6.07) is 0. The summed E-state index contributed by atoms with van der Waals surface area (Å²) < 4.78 is 5.55. The molecule has 1 nitrogen and oxygen atoms in total. The van der Waals surface area contributed by atoms with Crippen LogP contribution in [0.4, 0.5) is 0 Å². The fourth-order valence-corrected chi connectivity index (χ4v) is 1.65. The second-order valence-corrected chi connectivity index (χ2v) is 4.43. The molecule has 0 aliphatic heterocycles. The molecular weight excluding hydrogens is 180 g/mol. The average Bonchev–Trinajstić information content (AvgIpc) is 2.93. The summed E-state index contributed by atoms with van der Waals surface area (Å²) in [5, 5.41) is 0. The van der Waals surface area contributed by atoms with E-state index in [-0.39, 0.29) is 0 Å². The molecule has 1 rings (SSSR count). The van der Waals surface area contributed by atoms with Gasteiger partial charge in [-0.2, -0.15) is 12.6 Å². The maximum absolute atomic E-state index is 5.55. The Labute approximate surface area is 87.7 Å². The molecule has 1 aliphatic carbocycles. The van der Waals surface area contributed by atoms with Crippen LogP contribution in [0.2, 0.25) is 0 Å². The fourth-order valence-electron chi connectivity index (χ4n) is 1.43. The first-order valence-electron chi connectivity index (χ1n) is 5.62. The summed E-state index contributed by atoms with van der Waals surface area (Å²) in [7, 11) is 0. The first-order chi connectivity index (χ1) is 6.43. The van der Waals surface area contributed by atoms with Crippen LogP contribution in [0.1, 0.15) is 44.9 Å². The highest BCUT2D eigenvalue weighted by Gasteiger charge is 2.20. The van der Waals surface area contributed by atoms with Crippen molar-refractivity contribution in [2.24, 2.45) is 5.92 Å². The molecule has 78 valence electrons. The van der Waals surface area contributed by atoms with E-state index in [1.54, 1.807) is 0 Å². The van der Waals surface area contributed by atoms with Crippen LogP contribution in [-0.4, -0.2) is 19.0 Å². The van der Waals surface area contributed by atoms with Crippen LogP contribution in [-0.2, 0) is 4.74 Å². The lowest BCUT2D eigenvalue weighted by Crippen LogP contribution is -1.97. The van der Waals surface area contributed by atoms with E-state index in [4.69, 9.17) is 4.74 Å². The topological polar surface area (TPSA) is 9.23 Å². The molecule has 0 unspecified atom stereocenters. The third-order valence-corrected chi connectivity index (χ3v) is 2.88. The van der Waals surface area contributed by atoms with E-state index in [9.17, 15) is 0 Å². The van der Waals surface area contributed by atoms with Gasteiger partial charge in [-0.3, -0.25) is 0 Å². The van der Waals surface area contributed by atoms with Crippen LogP contribution in [0.15, 0.2) is 0 Å². The first-order valence-corrected chi connectivity index (χ1v) is 6.25. The molecule has 0 bridgehead atoms. The van der Waals surface area contributed by atoms with Crippen molar-refractivity contribution in [3.05, 3.63) is 0 Å². The fraction of sp³-hybridized carbons (Fsp3) is 1.00. The van der Waals surface area contributed by atoms with Crippen molar-refractivity contribution in [3.8, 4) is 0 Å². The minimum atomic E-state index is 0.972. The lowest BCUT2D eigenvalue weighted by Gasteiger charge is -2.02. The van der Waals surface area contributed by atoms with Gasteiger partial charge in [-0.05, 0) is 30.9 Å². The largest absolute Gasteiger partial charge is 0.381 e. The number of unbranched alkanes of at least 4 members (excludes halogenated alkanes) is 3. The molecule has 0 N–H and O–H groups in total. The average molecular weight is 202 g/mol. The van der Waals surface area contributed by atoms with Gasteiger partial charge in [-0.25, -0.2) is 0 Å². The van der Waals surface area contributed by atoms with Gasteiger partial charge in [-0.15, -0.1) is 0 Å². The lowest BCUT2D eigenvalue weighted by molar-refractivity contribution is 0.124. The number of thiol groups is 1. The van der Waals surface area contributed by atoms with Gasteiger partial charge in [0.05, 0.1) is 0 Å². The van der Waals surface area contributed by atoms with Crippen molar-refractivity contribution in [2.75, 3.05) is 19.0 Å². The minimum Gasteiger partial charge on any atom is -0.381 e. The van der Waals surface area contributed by atoms with Gasteiger partial charge in [0.1, 0.15) is 0 Å². The van der Waals surface area contributed by atoms with Crippen molar-refractivity contribution < 1.29 is 4.74 Å². The SMILES string of the molecule is SCCCCCCOCCC1CC1. The molecule has 0 heterocycles. The predicted octanol–water partition coefficient (Wildman–Crippen LogP) is 3.29. The second kappa shape index (κ2) is 7.69. The van der Waals surface area contributed by atoms with Gasteiger partial charge in [0.25, 0.3) is 0 Å². The van der Waals surface area contributed by atoms with Gasteiger partial charge < -0.3 is 4.74 Å². The Kier molecular flexibility index (Phi) is 6.73. The maximum atomic E-state index is 5.55. The van der Waals surface area contributed by atoms with Crippen molar-refractivity contribution >= 4 is 12.6 Å². The third kappa shape index (κ3) is 7.39. The summed E-state index contributed by atoms with van der Waals surface area (Å²) in [5.74, 6) is 2.05. The molecule has 0 aromatic heterocycles. The second-order valence-electron chi connectivity index (χ2n) is 3.98. The number of rotatable bonds is 9. The Morgan fingerprint density at radius 3 is 2.46 bits per heavy atom. The summed E-state index contributed by atoms with van der Waals surface area (Å²) in [5.41, 5.74) is 0. The molecule has 0 aromatic rings. The van der Waals surface area contributed by atoms with Crippen LogP contribution in [0.25, 0.3) is 0 Å². The molecule has 0 amide bonds. The molecule has 13 heavy (non-hydrogen) atoms. The van der Waals surface area contributed by atoms with Crippen molar-refractivity contribution in [3.63, 3.8) is 0 Å². The van der Waals surface area contributed by atoms with E-state index in [0.29, 0.717) is 0 Å². The molecule has 0 aromatic carbocycles. The number of hydrogen-bond acceptors (Lipinski definition) is 2. The van der Waals surface area contributed by atoms with E-state index in [1.807, 2.05) is 0 Å². The molecule has 0 spiro atoms. The van der Waals surface area contributed by atoms with E-state index in [2.05, 4.69) is 12.6 Å². The highest BCUT2D eigenvalue weighted by atomic mass is 32.1. The standard InChI is InChI=1S/C11H22OS/c13-10-4-2-1-3-8-12-9-7-11-5-6-11/h11,13H,1-10H2. The highest BCUT2D eigenvalue weighted by molar-refractivity contribution is 7.80. The molecule has 0 atom stereocenters. The predicted molar refractivity (Wildman–Crippen MR) is 60.5 cm³/mol. The molecule has 1 saturated carbocycles. The third-order valence-electron chi connectivity index (χ3n) is 2.56. The van der Waals surface area contributed by atoms with E-state index >= 15 is 0 Å². The Morgan fingerprint density at radius 1 is 1.00 bits per heavy atom. The molecule has 0 saturated heterocycles. The number of hydrogen-bond donors (Lipinski definition) is 1. The zero-order valence-electron chi connectivity index (χ0n) is 8.50. The van der Waals surface area contributed by atoms with Crippen molar-refractivity contribution in [2.45, 2.75) is 44.9 Å². The Bertz CT molecular complexity index is 113. The molecular formula is C11H22OS.